The maximum Gasteiger partial charge on any atom is 0.176 e. The molecule has 0 aromatic carbocycles. The van der Waals surface area contributed by atoms with Crippen LogP contribution >= 0.6 is 0 Å². The molecule has 3 fully saturated rings. The summed E-state index contributed by atoms with van der Waals surface area (Å²) in [4.78, 5) is 0. The Hall–Kier alpha value is -0.600. The van der Waals surface area contributed by atoms with E-state index in [0.29, 0.717) is 0 Å². The maximum absolute atomic E-state index is 11.0. The van der Waals surface area contributed by atoms with Crippen molar-refractivity contribution >= 4 is 0 Å². The third-order valence-electron chi connectivity index (χ3n) is 6.61. The first-order valence-corrected chi connectivity index (χ1v) is 11.0. The van der Waals surface area contributed by atoms with Crippen LogP contribution in [0.3, 0.4) is 0 Å². The zero-order valence-electron chi connectivity index (χ0n) is 18.1. The second kappa shape index (κ2) is 11.0. The Bertz CT molecular complexity index is 586. The first-order chi connectivity index (χ1) is 15.5. The van der Waals surface area contributed by atoms with Gasteiger partial charge < -0.3 is 78.9 Å². The number of ether oxygens (including phenoxy) is 4. The summed E-state index contributed by atoms with van der Waals surface area (Å²) in [7, 11) is 0. The van der Waals surface area contributed by atoms with E-state index in [0.717, 1.165) is 0 Å². The molecule has 0 amide bonds. The quantitative estimate of drug-likeness (QED) is 0.167. The Morgan fingerprint density at radius 2 is 0.970 bits per heavy atom. The lowest BCUT2D eigenvalue weighted by atomic mass is 9.84. The summed E-state index contributed by atoms with van der Waals surface area (Å²) in [6.07, 6.45) is -13.1. The summed E-state index contributed by atoms with van der Waals surface area (Å²) in [6, 6.07) is -3.80. The molecule has 1 aliphatic carbocycles. The summed E-state index contributed by atoms with van der Waals surface area (Å²) < 4.78 is 22.8. The van der Waals surface area contributed by atoms with Crippen LogP contribution in [0.25, 0.3) is 0 Å². The van der Waals surface area contributed by atoms with Gasteiger partial charge in [0.25, 0.3) is 0 Å². The third-order valence-corrected chi connectivity index (χ3v) is 6.61. The number of aliphatic hydroxyl groups excluding tert-OH is 5. The van der Waals surface area contributed by atoms with E-state index < -0.39 is 91.7 Å². The smallest absolute Gasteiger partial charge is 0.176 e. The minimum absolute atomic E-state index is 0.103. The van der Waals surface area contributed by atoms with Crippen molar-refractivity contribution in [3.63, 3.8) is 0 Å². The van der Waals surface area contributed by atoms with Crippen LogP contribution in [0.2, 0.25) is 0 Å². The highest BCUT2D eigenvalue weighted by Crippen LogP contribution is 2.30. The van der Waals surface area contributed by atoms with Gasteiger partial charge in [0.15, 0.2) is 12.6 Å². The molecule has 3 aliphatic rings. The fourth-order valence-electron chi connectivity index (χ4n) is 4.49. The molecule has 15 heteroatoms. The Kier molecular flexibility index (Phi) is 8.99. The molecule has 2 aliphatic heterocycles. The molecule has 2 heterocycles. The summed E-state index contributed by atoms with van der Waals surface area (Å²) >= 11 is 0. The zero-order chi connectivity index (χ0) is 24.6. The van der Waals surface area contributed by atoms with Crippen LogP contribution in [0.4, 0.5) is 0 Å². The predicted molar refractivity (Wildman–Crippen MR) is 112 cm³/mol. The fraction of sp³-hybridized carbons (Fsp3) is 1.00. The molecule has 3 rings (SSSR count). The lowest BCUT2D eigenvalue weighted by Crippen LogP contribution is -2.69. The molecule has 0 spiro atoms. The van der Waals surface area contributed by atoms with E-state index in [1.54, 1.807) is 0 Å². The van der Waals surface area contributed by atoms with Crippen LogP contribution in [-0.4, -0.2) is 130 Å². The molecule has 17 N–H and O–H groups in total. The Balaban J connectivity index is 1.72. The van der Waals surface area contributed by atoms with Gasteiger partial charge in [0.2, 0.25) is 0 Å². The van der Waals surface area contributed by atoms with Gasteiger partial charge >= 0.3 is 0 Å². The fourth-order valence-corrected chi connectivity index (χ4v) is 4.49. The molecule has 1 unspecified atom stereocenters. The number of aliphatic hydroxyl groups is 5. The maximum atomic E-state index is 11.0. The van der Waals surface area contributed by atoms with Crippen molar-refractivity contribution in [1.29, 1.82) is 0 Å². The summed E-state index contributed by atoms with van der Waals surface area (Å²) in [5.74, 6) is 0. The lowest BCUT2D eigenvalue weighted by Gasteiger charge is -2.48. The van der Waals surface area contributed by atoms with Gasteiger partial charge in [0, 0.05) is 25.2 Å². The highest BCUT2D eigenvalue weighted by molar-refractivity contribution is 5.01. The summed E-state index contributed by atoms with van der Waals surface area (Å²) in [5.41, 5.74) is 35.4. The van der Waals surface area contributed by atoms with Crippen molar-refractivity contribution in [2.75, 3.05) is 13.1 Å². The van der Waals surface area contributed by atoms with E-state index in [4.69, 9.17) is 53.3 Å². The van der Waals surface area contributed by atoms with Crippen LogP contribution < -0.4 is 34.4 Å². The third kappa shape index (κ3) is 5.32. The average molecular weight is 483 g/mol. The van der Waals surface area contributed by atoms with Gasteiger partial charge in [-0.25, -0.2) is 0 Å². The first-order valence-electron chi connectivity index (χ1n) is 11.0. The van der Waals surface area contributed by atoms with Crippen molar-refractivity contribution in [3.8, 4) is 0 Å². The molecule has 0 aromatic rings. The number of rotatable bonds is 6. The monoisotopic (exact) mass is 482 g/mol. The largest absolute Gasteiger partial charge is 0.388 e. The van der Waals surface area contributed by atoms with E-state index >= 15 is 0 Å². The zero-order valence-corrected chi connectivity index (χ0v) is 18.1. The normalized spacial score (nSPS) is 53.7. The number of nitrogens with two attached hydrogens (primary N) is 6. The molecule has 2 saturated heterocycles. The van der Waals surface area contributed by atoms with Crippen LogP contribution in [0.15, 0.2) is 0 Å². The van der Waals surface area contributed by atoms with Crippen molar-refractivity contribution in [3.05, 3.63) is 0 Å². The molecule has 0 bridgehead atoms. The van der Waals surface area contributed by atoms with Crippen LogP contribution in [-0.2, 0) is 18.9 Å². The van der Waals surface area contributed by atoms with Crippen molar-refractivity contribution < 1.29 is 44.5 Å². The van der Waals surface area contributed by atoms with Gasteiger partial charge in [-0.2, -0.15) is 0 Å². The second-order valence-corrected chi connectivity index (χ2v) is 8.93. The highest BCUT2D eigenvalue weighted by Gasteiger charge is 2.51. The van der Waals surface area contributed by atoms with Crippen molar-refractivity contribution in [2.24, 2.45) is 34.4 Å². The van der Waals surface area contributed by atoms with Crippen LogP contribution in [0.5, 0.6) is 0 Å². The van der Waals surface area contributed by atoms with E-state index in [-0.39, 0.29) is 19.5 Å². The van der Waals surface area contributed by atoms with Gasteiger partial charge in [-0.05, 0) is 6.42 Å². The molecule has 1 saturated carbocycles. The topological polar surface area (TPSA) is 294 Å². The molecule has 15 atom stereocenters. The van der Waals surface area contributed by atoms with Gasteiger partial charge in [-0.1, -0.05) is 0 Å². The molecular formula is C18H38N6O9. The van der Waals surface area contributed by atoms with Gasteiger partial charge in [0.05, 0.1) is 12.1 Å². The van der Waals surface area contributed by atoms with E-state index in [1.807, 2.05) is 0 Å². The molecule has 33 heavy (non-hydrogen) atoms. The minimum Gasteiger partial charge on any atom is -0.388 e. The Labute approximate surface area is 190 Å². The molecular weight excluding hydrogens is 444 g/mol. The Morgan fingerprint density at radius 3 is 1.30 bits per heavy atom. The summed E-state index contributed by atoms with van der Waals surface area (Å²) in [5, 5.41) is 51.5. The number of hydrogen-bond acceptors (Lipinski definition) is 15. The SMILES string of the molecule is NC[C@H]1O[C@H](O[C@H]2C(O)[C@@H](O[C@H]3O[C@H](CN)[C@@H](O)[C@H](O)[C@H]3N)[C@H](N)C[C@@H]2N)[C@H](N)[C@@H](O)[C@@H]1O. The van der Waals surface area contributed by atoms with Gasteiger partial charge in [0.1, 0.15) is 54.9 Å². The second-order valence-electron chi connectivity index (χ2n) is 8.93. The van der Waals surface area contributed by atoms with Crippen molar-refractivity contribution in [2.45, 2.75) is 98.1 Å². The van der Waals surface area contributed by atoms with E-state index in [2.05, 4.69) is 0 Å². The van der Waals surface area contributed by atoms with Gasteiger partial charge in [-0.15, -0.1) is 0 Å². The molecule has 0 radical (unpaired) electrons. The van der Waals surface area contributed by atoms with E-state index in [9.17, 15) is 25.5 Å². The van der Waals surface area contributed by atoms with E-state index in [1.165, 1.54) is 0 Å². The molecule has 194 valence electrons. The lowest BCUT2D eigenvalue weighted by molar-refractivity contribution is -0.309. The summed E-state index contributed by atoms with van der Waals surface area (Å²) in [6.45, 7) is -0.206. The molecule has 15 nitrogen and oxygen atoms in total. The predicted octanol–water partition coefficient (Wildman–Crippen LogP) is -7.36. The van der Waals surface area contributed by atoms with Gasteiger partial charge in [-0.3, -0.25) is 0 Å². The Morgan fingerprint density at radius 1 is 0.606 bits per heavy atom. The van der Waals surface area contributed by atoms with Crippen molar-refractivity contribution in [1.82, 2.24) is 0 Å². The standard InChI is InChI=1S/C18H38N6O9/c19-2-6-10(25)12(27)8(23)17(30-6)32-15-4(21)1-5(22)16(14(15)29)33-18-9(24)13(28)11(26)7(3-20)31-18/h4-18,25-29H,1-3,19-24H2/t4-,5+,6-,7-,8-,9-,10-,11-,12-,13-,14?,15+,16-,17-,18-/m1/s1. The van der Waals surface area contributed by atoms with Crippen LogP contribution in [0, 0.1) is 0 Å². The minimum atomic E-state index is -1.41. The highest BCUT2D eigenvalue weighted by atomic mass is 16.7. The number of hydrogen-bond donors (Lipinski definition) is 11. The van der Waals surface area contributed by atoms with Crippen LogP contribution in [0.1, 0.15) is 6.42 Å². The first kappa shape index (κ1) is 27.0. The molecule has 0 aromatic heterocycles. The average Bonchev–Trinajstić information content (AvgIpc) is 2.79.